The van der Waals surface area contributed by atoms with Crippen LogP contribution in [0.5, 0.6) is 0 Å². The highest BCUT2D eigenvalue weighted by Crippen LogP contribution is 2.32. The van der Waals surface area contributed by atoms with Crippen LogP contribution in [0.15, 0.2) is 48.5 Å². The summed E-state index contributed by atoms with van der Waals surface area (Å²) in [6.07, 6.45) is 6.94. The van der Waals surface area contributed by atoms with Crippen LogP contribution in [0.3, 0.4) is 0 Å². The molecule has 0 atom stereocenters. The zero-order valence-corrected chi connectivity index (χ0v) is 15.9. The largest absolute Gasteiger partial charge is 0.478 e. The molecule has 0 spiro atoms. The molecule has 0 aliphatic heterocycles. The molecular formula is C23H27NO3. The summed E-state index contributed by atoms with van der Waals surface area (Å²) >= 11 is 0. The maximum absolute atomic E-state index is 12.5. The van der Waals surface area contributed by atoms with Crippen molar-refractivity contribution >= 4 is 17.6 Å². The molecule has 1 amide bonds. The number of carboxylic acid groups (broad SMARTS) is 1. The second-order valence-corrected chi connectivity index (χ2v) is 7.26. The van der Waals surface area contributed by atoms with Crippen LogP contribution in [0, 0.1) is 0 Å². The van der Waals surface area contributed by atoms with Crippen molar-refractivity contribution in [2.45, 2.75) is 57.9 Å². The SMILES string of the molecule is CCC(=O)N(Cc1ccc(C2CCCCC2)cc1)c1ccc(C(=O)O)cc1. The van der Waals surface area contributed by atoms with Gasteiger partial charge in [0.15, 0.2) is 0 Å². The van der Waals surface area contributed by atoms with Crippen LogP contribution in [-0.4, -0.2) is 17.0 Å². The molecule has 142 valence electrons. The number of anilines is 1. The van der Waals surface area contributed by atoms with E-state index in [4.69, 9.17) is 5.11 Å². The van der Waals surface area contributed by atoms with Crippen LogP contribution in [0.25, 0.3) is 0 Å². The number of rotatable bonds is 6. The standard InChI is InChI=1S/C23H27NO3/c1-2-22(25)24(21-14-12-20(13-15-21)23(26)27)16-17-8-10-19(11-9-17)18-6-4-3-5-7-18/h8-15,18H,2-7,16H2,1H3,(H,26,27). The van der Waals surface area contributed by atoms with Gasteiger partial charge in [-0.2, -0.15) is 0 Å². The molecule has 1 aliphatic carbocycles. The van der Waals surface area contributed by atoms with Crippen molar-refractivity contribution in [2.24, 2.45) is 0 Å². The van der Waals surface area contributed by atoms with Crippen molar-refractivity contribution in [3.63, 3.8) is 0 Å². The van der Waals surface area contributed by atoms with E-state index < -0.39 is 5.97 Å². The van der Waals surface area contributed by atoms with Crippen molar-refractivity contribution in [1.82, 2.24) is 0 Å². The summed E-state index contributed by atoms with van der Waals surface area (Å²) in [5.74, 6) is -0.271. The minimum Gasteiger partial charge on any atom is -0.478 e. The van der Waals surface area contributed by atoms with E-state index in [0.717, 1.165) is 11.3 Å². The molecule has 1 fully saturated rings. The van der Waals surface area contributed by atoms with Gasteiger partial charge in [-0.1, -0.05) is 50.5 Å². The maximum Gasteiger partial charge on any atom is 0.335 e. The summed E-state index contributed by atoms with van der Waals surface area (Å²) in [5, 5.41) is 9.06. The fraction of sp³-hybridized carbons (Fsp3) is 0.391. The lowest BCUT2D eigenvalue weighted by Gasteiger charge is -2.24. The summed E-state index contributed by atoms with van der Waals surface area (Å²) in [7, 11) is 0. The van der Waals surface area contributed by atoms with Gasteiger partial charge in [-0.15, -0.1) is 0 Å². The number of carbonyl (C=O) groups is 2. The van der Waals surface area contributed by atoms with Gasteiger partial charge >= 0.3 is 5.97 Å². The van der Waals surface area contributed by atoms with Crippen LogP contribution >= 0.6 is 0 Å². The van der Waals surface area contributed by atoms with E-state index in [0.29, 0.717) is 18.9 Å². The zero-order chi connectivity index (χ0) is 19.2. The Balaban J connectivity index is 1.76. The first-order valence-electron chi connectivity index (χ1n) is 9.81. The number of benzene rings is 2. The van der Waals surface area contributed by atoms with Crippen molar-refractivity contribution < 1.29 is 14.7 Å². The van der Waals surface area contributed by atoms with Gasteiger partial charge in [0.2, 0.25) is 5.91 Å². The molecule has 2 aromatic carbocycles. The lowest BCUT2D eigenvalue weighted by molar-refractivity contribution is -0.118. The first-order valence-corrected chi connectivity index (χ1v) is 9.81. The number of hydrogen-bond acceptors (Lipinski definition) is 2. The molecule has 2 aromatic rings. The van der Waals surface area contributed by atoms with E-state index in [9.17, 15) is 9.59 Å². The number of amides is 1. The summed E-state index contributed by atoms with van der Waals surface area (Å²) in [4.78, 5) is 25.2. The Labute approximate surface area is 160 Å². The lowest BCUT2D eigenvalue weighted by Crippen LogP contribution is -2.29. The molecule has 1 saturated carbocycles. The van der Waals surface area contributed by atoms with Gasteiger partial charge < -0.3 is 10.0 Å². The predicted molar refractivity (Wildman–Crippen MR) is 107 cm³/mol. The number of carboxylic acids is 1. The molecule has 0 unspecified atom stereocenters. The molecule has 0 heterocycles. The molecule has 4 heteroatoms. The third kappa shape index (κ3) is 4.76. The van der Waals surface area contributed by atoms with Crippen LogP contribution in [0.2, 0.25) is 0 Å². The average Bonchev–Trinajstić information content (AvgIpc) is 2.72. The van der Waals surface area contributed by atoms with Crippen LogP contribution in [0.1, 0.15) is 72.9 Å². The highest BCUT2D eigenvalue weighted by molar-refractivity contribution is 5.94. The Morgan fingerprint density at radius 1 is 0.963 bits per heavy atom. The van der Waals surface area contributed by atoms with E-state index in [2.05, 4.69) is 24.3 Å². The fourth-order valence-corrected chi connectivity index (χ4v) is 3.81. The molecule has 0 bridgehead atoms. The summed E-state index contributed by atoms with van der Waals surface area (Å²) < 4.78 is 0. The second-order valence-electron chi connectivity index (χ2n) is 7.26. The van der Waals surface area contributed by atoms with Crippen LogP contribution in [-0.2, 0) is 11.3 Å². The minimum absolute atomic E-state index is 0.0226. The molecule has 3 rings (SSSR count). The Morgan fingerprint density at radius 2 is 1.59 bits per heavy atom. The number of carbonyl (C=O) groups excluding carboxylic acids is 1. The molecule has 0 aromatic heterocycles. The van der Waals surface area contributed by atoms with Gasteiger partial charge in [-0.3, -0.25) is 4.79 Å². The second kappa shape index (κ2) is 8.85. The normalized spacial score (nSPS) is 14.7. The molecule has 0 saturated heterocycles. The molecule has 27 heavy (non-hydrogen) atoms. The van der Waals surface area contributed by atoms with Crippen molar-refractivity contribution in [1.29, 1.82) is 0 Å². The molecular weight excluding hydrogens is 338 g/mol. The molecule has 0 radical (unpaired) electrons. The van der Waals surface area contributed by atoms with Gasteiger partial charge in [-0.05, 0) is 54.2 Å². The maximum atomic E-state index is 12.5. The summed E-state index contributed by atoms with van der Waals surface area (Å²) in [6, 6.07) is 15.1. The number of nitrogens with zero attached hydrogens (tertiary/aromatic N) is 1. The van der Waals surface area contributed by atoms with E-state index in [1.165, 1.54) is 37.7 Å². The third-order valence-corrected chi connectivity index (χ3v) is 5.43. The first kappa shape index (κ1) is 19.2. The topological polar surface area (TPSA) is 57.6 Å². The Kier molecular flexibility index (Phi) is 6.28. The Morgan fingerprint density at radius 3 is 2.15 bits per heavy atom. The fourth-order valence-electron chi connectivity index (χ4n) is 3.81. The smallest absolute Gasteiger partial charge is 0.335 e. The molecule has 1 N–H and O–H groups in total. The lowest BCUT2D eigenvalue weighted by atomic mass is 9.84. The van der Waals surface area contributed by atoms with Gasteiger partial charge in [0.05, 0.1) is 12.1 Å². The van der Waals surface area contributed by atoms with Crippen molar-refractivity contribution in [3.05, 3.63) is 65.2 Å². The van der Waals surface area contributed by atoms with Crippen molar-refractivity contribution in [3.8, 4) is 0 Å². The van der Waals surface area contributed by atoms with E-state index in [1.807, 2.05) is 6.92 Å². The van der Waals surface area contributed by atoms with Gasteiger partial charge in [-0.25, -0.2) is 4.79 Å². The van der Waals surface area contributed by atoms with Gasteiger partial charge in [0.25, 0.3) is 0 Å². The van der Waals surface area contributed by atoms with Crippen molar-refractivity contribution in [2.75, 3.05) is 4.90 Å². The van der Waals surface area contributed by atoms with E-state index in [1.54, 1.807) is 29.2 Å². The predicted octanol–water partition coefficient (Wildman–Crippen LogP) is 5.38. The minimum atomic E-state index is -0.965. The highest BCUT2D eigenvalue weighted by atomic mass is 16.4. The Hall–Kier alpha value is -2.62. The molecule has 4 nitrogen and oxygen atoms in total. The number of aromatic carboxylic acids is 1. The Bertz CT molecular complexity index is 774. The van der Waals surface area contributed by atoms with Gasteiger partial charge in [0, 0.05) is 12.1 Å². The quantitative estimate of drug-likeness (QED) is 0.748. The van der Waals surface area contributed by atoms with Gasteiger partial charge in [0.1, 0.15) is 0 Å². The summed E-state index contributed by atoms with van der Waals surface area (Å²) in [5.41, 5.74) is 3.43. The zero-order valence-electron chi connectivity index (χ0n) is 15.9. The van der Waals surface area contributed by atoms with E-state index >= 15 is 0 Å². The molecule has 1 aliphatic rings. The number of hydrogen-bond donors (Lipinski definition) is 1. The highest BCUT2D eigenvalue weighted by Gasteiger charge is 2.17. The van der Waals surface area contributed by atoms with E-state index in [-0.39, 0.29) is 11.5 Å². The monoisotopic (exact) mass is 365 g/mol. The average molecular weight is 365 g/mol. The first-order chi connectivity index (χ1) is 13.1. The summed E-state index contributed by atoms with van der Waals surface area (Å²) in [6.45, 7) is 2.33. The van der Waals surface area contributed by atoms with Crippen LogP contribution < -0.4 is 4.90 Å². The third-order valence-electron chi connectivity index (χ3n) is 5.43. The van der Waals surface area contributed by atoms with Crippen LogP contribution in [0.4, 0.5) is 5.69 Å².